The third kappa shape index (κ3) is 34.8. The van der Waals surface area contributed by atoms with Gasteiger partial charge < -0.3 is 65.1 Å². The van der Waals surface area contributed by atoms with Gasteiger partial charge in [0.2, 0.25) is 0 Å². The largest absolute Gasteiger partial charge is 0.497 e. The molecule has 0 saturated heterocycles. The zero-order chi connectivity index (χ0) is 105. The average Bonchev–Trinajstić information content (AvgIpc) is 0.814. The Labute approximate surface area is 853 Å². The van der Waals surface area contributed by atoms with Crippen molar-refractivity contribution in [3.63, 3.8) is 0 Å². The second kappa shape index (κ2) is 53.9. The minimum Gasteiger partial charge on any atom is -0.497 e. The molecule has 0 aliphatic heterocycles. The highest BCUT2D eigenvalue weighted by atomic mass is 19.4. The van der Waals surface area contributed by atoms with Crippen LogP contribution in [0.15, 0.2) is 373 Å². The van der Waals surface area contributed by atoms with Gasteiger partial charge in [-0.15, -0.1) is 12.8 Å². The number of carbonyl (C=O) groups excluding carboxylic acids is 6. The quantitative estimate of drug-likeness (QED) is 0.0229. The van der Waals surface area contributed by atoms with Crippen molar-refractivity contribution >= 4 is 69.6 Å². The molecule has 0 spiro atoms. The van der Waals surface area contributed by atoms with Crippen LogP contribution in [0.5, 0.6) is 74.7 Å². The third-order valence-electron chi connectivity index (χ3n) is 19.5. The zero-order valence-electron chi connectivity index (χ0n) is 78.7. The molecule has 0 aliphatic rings. The maximum atomic E-state index is 13.8. The highest BCUT2D eigenvalue weighted by Crippen LogP contribution is 2.38. The van der Waals surface area contributed by atoms with Crippen molar-refractivity contribution in [1.29, 1.82) is 0 Å². The van der Waals surface area contributed by atoms with Crippen LogP contribution in [0.3, 0.4) is 0 Å². The molecular formula is C112H85F7N18O13. The number of amides is 6. The first-order valence-corrected chi connectivity index (χ1v) is 44.0. The Hall–Kier alpha value is -20.8. The number of ether oxygens (including phenoxy) is 7. The van der Waals surface area contributed by atoms with Crippen LogP contribution in [-0.2, 0) is 6.18 Å². The molecule has 6 heterocycles. The van der Waals surface area contributed by atoms with Crippen LogP contribution in [0.25, 0.3) is 0 Å². The van der Waals surface area contributed by atoms with Crippen molar-refractivity contribution in [2.24, 2.45) is 0 Å². The van der Waals surface area contributed by atoms with Gasteiger partial charge in [0, 0.05) is 139 Å². The molecule has 6 aromatic heterocycles. The van der Waals surface area contributed by atoms with E-state index in [9.17, 15) is 59.5 Å². The number of rotatable bonds is 25. The van der Waals surface area contributed by atoms with E-state index in [2.05, 4.69) is 104 Å². The molecule has 0 unspecified atom stereocenters. The Balaban J connectivity index is 0.000000159. The number of hydrogen-bond acceptors (Lipinski definition) is 25. The number of alkyl halides is 3. The molecule has 750 valence electrons. The Bertz CT molecular complexity index is 7650. The van der Waals surface area contributed by atoms with Crippen LogP contribution in [0.1, 0.15) is 103 Å². The molecule has 0 aliphatic carbocycles. The van der Waals surface area contributed by atoms with Gasteiger partial charge >= 0.3 is 6.18 Å². The average molecular weight is 2020 g/mol. The molecule has 150 heavy (non-hydrogen) atoms. The fourth-order valence-electron chi connectivity index (χ4n) is 13.0. The van der Waals surface area contributed by atoms with E-state index in [-0.39, 0.29) is 82.3 Å². The van der Waals surface area contributed by atoms with Crippen molar-refractivity contribution < 1.29 is 92.7 Å². The predicted octanol–water partition coefficient (Wildman–Crippen LogP) is 24.2. The Morgan fingerprint density at radius 1 is 0.253 bits per heavy atom. The summed E-state index contributed by atoms with van der Waals surface area (Å²) in [6.07, 6.45) is 31.5. The van der Waals surface area contributed by atoms with Crippen LogP contribution in [0, 0.1) is 68.7 Å². The minimum atomic E-state index is -4.63. The van der Waals surface area contributed by atoms with E-state index in [1.807, 2.05) is 63.2 Å². The van der Waals surface area contributed by atoms with Gasteiger partial charge in [-0.25, -0.2) is 77.4 Å². The van der Waals surface area contributed by atoms with Crippen LogP contribution in [-0.4, -0.2) is 102 Å². The standard InChI is InChI=1S/C20H12F3N3O2.C19H12FN3O2.C18H14FN3O3.2C18H14FN3O2.C18H15N3O2.CH4/c1-2-13-4-3-5-14(6-13)19(27)26-16-7-15(20(21,22)23)8-17(9-16)28-18-10-24-12-25-11-18;1-2-13-4-3-5-14(6-13)19(24)23-16-7-15(20)8-17(9-16)25-18-10-21-12-22-11-18;1-24-15-4-2-3-12(5-15)18(23)22-14-6-13(19)7-16(8-14)25-17-9-20-11-21-10-17;2*1-12-3-2-4-13(5-12)18(23)22-15-6-14(19)7-16(8-15)24-17-9-20-11-21-10-17;1-13-4-2-5-14(8-13)18(22)21-15-6-3-7-16(9-15)23-17-10-19-12-20-11-17;/h1,3-12H,(H,26,27);1,3-12H,(H,23,24);2-11H,1H3,(H,22,23);2*2-11H,1H3,(H,22,23);2-12H,1H3,(H,21,22);1H4. The van der Waals surface area contributed by atoms with Crippen molar-refractivity contribution in [2.75, 3.05) is 39.0 Å². The van der Waals surface area contributed by atoms with Gasteiger partial charge in [0.1, 0.15) is 101 Å². The zero-order valence-corrected chi connectivity index (χ0v) is 78.7. The Morgan fingerprint density at radius 2 is 0.480 bits per heavy atom. The van der Waals surface area contributed by atoms with E-state index in [0.29, 0.717) is 96.3 Å². The van der Waals surface area contributed by atoms with Crippen LogP contribution >= 0.6 is 0 Å². The van der Waals surface area contributed by atoms with E-state index in [4.69, 9.17) is 46.0 Å². The molecule has 0 atom stereocenters. The number of hydrogen-bond donors (Lipinski definition) is 6. The maximum Gasteiger partial charge on any atom is 0.416 e. The van der Waals surface area contributed by atoms with Crippen LogP contribution in [0.4, 0.5) is 64.9 Å². The highest BCUT2D eigenvalue weighted by molar-refractivity contribution is 6.08. The molecule has 0 bridgehead atoms. The summed E-state index contributed by atoms with van der Waals surface area (Å²) in [5, 5.41) is 15.9. The molecule has 12 aromatic carbocycles. The molecule has 0 radical (unpaired) electrons. The SMILES string of the molecule is C.C#Cc1cccc(C(=O)Nc2cc(F)cc(Oc3cncnc3)c2)c1.C#Cc1cccc(C(=O)Nc2cc(Oc3cncnc3)cc(C(F)(F)F)c2)c1.COc1cccc(C(=O)Nc2cc(F)cc(Oc3cncnc3)c2)c1.Cc1cccc(C(=O)Nc2cc(F)cc(Oc3cncnc3)c2)c1.Cc1cccc(C(=O)Nc2cc(F)cc(Oc3cncnc3)c2)c1.Cc1cccc(C(=O)Nc2cccc(Oc3cncnc3)c2)c1. The lowest BCUT2D eigenvalue weighted by molar-refractivity contribution is -0.137. The number of halogens is 7. The van der Waals surface area contributed by atoms with E-state index < -0.39 is 52.7 Å². The number of benzene rings is 12. The molecule has 31 nitrogen and oxygen atoms in total. The Morgan fingerprint density at radius 3 is 0.753 bits per heavy atom. The second-order valence-corrected chi connectivity index (χ2v) is 31.0. The number of aromatic nitrogens is 12. The lowest BCUT2D eigenvalue weighted by Crippen LogP contribution is -2.13. The number of terminal acetylenes is 2. The molecule has 0 fully saturated rings. The second-order valence-electron chi connectivity index (χ2n) is 31.0. The molecule has 0 saturated carbocycles. The monoisotopic (exact) mass is 2020 g/mol. The summed E-state index contributed by atoms with van der Waals surface area (Å²) in [4.78, 5) is 120. The first-order valence-electron chi connectivity index (χ1n) is 44.0. The fourth-order valence-corrected chi connectivity index (χ4v) is 13.0. The lowest BCUT2D eigenvalue weighted by Gasteiger charge is -2.13. The minimum absolute atomic E-state index is 0. The van der Waals surface area contributed by atoms with Crippen molar-refractivity contribution in [3.05, 3.63) is 463 Å². The first kappa shape index (κ1) is 108. The van der Waals surface area contributed by atoms with Crippen LogP contribution in [0.2, 0.25) is 0 Å². The smallest absolute Gasteiger partial charge is 0.416 e. The van der Waals surface area contributed by atoms with Gasteiger partial charge in [0.25, 0.3) is 35.4 Å². The van der Waals surface area contributed by atoms with E-state index >= 15 is 0 Å². The summed E-state index contributed by atoms with van der Waals surface area (Å²) in [7, 11) is 1.51. The molecule has 38 heteroatoms. The van der Waals surface area contributed by atoms with E-state index in [1.54, 1.807) is 128 Å². The molecule has 6 N–H and O–H groups in total. The summed E-state index contributed by atoms with van der Waals surface area (Å²) in [6.45, 7) is 5.74. The summed E-state index contributed by atoms with van der Waals surface area (Å²) < 4.78 is 133. The fraction of sp³-hybridized carbons (Fsp3) is 0.0536. The predicted molar refractivity (Wildman–Crippen MR) is 546 cm³/mol. The van der Waals surface area contributed by atoms with E-state index in [0.717, 1.165) is 28.8 Å². The topological polar surface area (TPSA) is 394 Å². The van der Waals surface area contributed by atoms with E-state index in [1.165, 1.54) is 198 Å². The number of aryl methyl sites for hydroxylation is 3. The number of carbonyl (C=O) groups is 6. The van der Waals surface area contributed by atoms with Gasteiger partial charge in [-0.2, -0.15) is 13.2 Å². The van der Waals surface area contributed by atoms with Gasteiger partial charge in [-0.05, 0) is 160 Å². The molecule has 18 aromatic rings. The van der Waals surface area contributed by atoms with Gasteiger partial charge in [0.05, 0.1) is 87.0 Å². The molecular weight excluding hydrogens is 1940 g/mol. The number of nitrogens with one attached hydrogen (secondary N) is 6. The summed E-state index contributed by atoms with van der Waals surface area (Å²) in [5.41, 5.74) is 7.34. The summed E-state index contributed by atoms with van der Waals surface area (Å²) in [5.74, 6) is 4.59. The van der Waals surface area contributed by atoms with Gasteiger partial charge in [-0.1, -0.05) is 96.6 Å². The number of anilines is 6. The highest BCUT2D eigenvalue weighted by Gasteiger charge is 2.32. The molecule has 18 rings (SSSR count). The maximum absolute atomic E-state index is 13.8. The normalized spacial score (nSPS) is 10.2. The molecule has 6 amide bonds. The first-order chi connectivity index (χ1) is 72.0. The van der Waals surface area contributed by atoms with Crippen molar-refractivity contribution in [1.82, 2.24) is 59.8 Å². The van der Waals surface area contributed by atoms with Gasteiger partial charge in [-0.3, -0.25) is 28.8 Å². The lowest BCUT2D eigenvalue weighted by atomic mass is 10.1. The Kier molecular flexibility index (Phi) is 38.8. The van der Waals surface area contributed by atoms with Gasteiger partial charge in [0.15, 0.2) is 34.5 Å². The van der Waals surface area contributed by atoms with Crippen molar-refractivity contribution in [3.8, 4) is 99.4 Å². The summed E-state index contributed by atoms with van der Waals surface area (Å²) >= 11 is 0. The number of methoxy groups -OCH3 is 1. The third-order valence-corrected chi connectivity index (χ3v) is 19.5. The van der Waals surface area contributed by atoms with Crippen LogP contribution < -0.4 is 65.1 Å². The number of nitrogens with zero attached hydrogens (tertiary/aromatic N) is 12. The van der Waals surface area contributed by atoms with Crippen molar-refractivity contribution in [2.45, 2.75) is 34.4 Å². The summed E-state index contributed by atoms with van der Waals surface area (Å²) in [6, 6.07) is 67.0.